The number of nitrogens with zero attached hydrogens (tertiary/aromatic N) is 1. The summed E-state index contributed by atoms with van der Waals surface area (Å²) in [5.74, 6) is 0. The number of nitrogens with two attached hydrogens (primary N) is 1. The fourth-order valence-corrected chi connectivity index (χ4v) is 1.14. The minimum atomic E-state index is 0.0376. The summed E-state index contributed by atoms with van der Waals surface area (Å²) >= 11 is 0. The Kier molecular flexibility index (Phi) is 3.19. The molecule has 0 saturated carbocycles. The van der Waals surface area contributed by atoms with E-state index < -0.39 is 0 Å². The fraction of sp³-hybridized carbons (Fsp3) is 0.444. The maximum atomic E-state index is 8.95. The molecule has 1 atom stereocenters. The summed E-state index contributed by atoms with van der Waals surface area (Å²) in [6.07, 6.45) is 4.19. The van der Waals surface area contributed by atoms with Crippen LogP contribution in [0.3, 0.4) is 0 Å². The van der Waals surface area contributed by atoms with Crippen molar-refractivity contribution in [3.63, 3.8) is 0 Å². The maximum Gasteiger partial charge on any atom is 0.0699 e. The number of pyridine rings is 1. The summed E-state index contributed by atoms with van der Waals surface area (Å²) < 4.78 is 0. The molecule has 1 aromatic heterocycles. The molecule has 12 heavy (non-hydrogen) atoms. The predicted molar refractivity (Wildman–Crippen MR) is 47.5 cm³/mol. The van der Waals surface area contributed by atoms with Gasteiger partial charge in [0.25, 0.3) is 0 Å². The number of aromatic nitrogens is 1. The Hall–Kier alpha value is -0.930. The van der Waals surface area contributed by atoms with Crippen LogP contribution in [0.1, 0.15) is 18.1 Å². The number of hydrogen-bond acceptors (Lipinski definition) is 3. The molecule has 0 amide bonds. The first-order chi connectivity index (χ1) is 5.74. The molecule has 0 aromatic carbocycles. The molecule has 0 aliphatic heterocycles. The number of aliphatic hydroxyl groups is 1. The van der Waals surface area contributed by atoms with Gasteiger partial charge >= 0.3 is 0 Å². The molecule has 3 nitrogen and oxygen atoms in total. The first kappa shape index (κ1) is 9.16. The Balaban J connectivity index is 2.82. The lowest BCUT2D eigenvalue weighted by Gasteiger charge is -2.08. The number of hydrogen-bond donors (Lipinski definition) is 2. The molecule has 1 rings (SSSR count). The van der Waals surface area contributed by atoms with E-state index in [1.165, 1.54) is 0 Å². The van der Waals surface area contributed by atoms with Gasteiger partial charge in [0.1, 0.15) is 0 Å². The van der Waals surface area contributed by atoms with Crippen LogP contribution in [-0.2, 0) is 13.0 Å². The lowest BCUT2D eigenvalue weighted by Crippen LogP contribution is -2.18. The zero-order valence-electron chi connectivity index (χ0n) is 7.20. The van der Waals surface area contributed by atoms with Gasteiger partial charge in [-0.05, 0) is 30.5 Å². The Labute approximate surface area is 72.2 Å². The minimum absolute atomic E-state index is 0.0376. The zero-order chi connectivity index (χ0) is 8.97. The van der Waals surface area contributed by atoms with Gasteiger partial charge in [-0.2, -0.15) is 0 Å². The third kappa shape index (κ3) is 2.29. The second kappa shape index (κ2) is 4.18. The molecule has 0 saturated heterocycles. The molecule has 66 valence electrons. The summed E-state index contributed by atoms with van der Waals surface area (Å²) in [5, 5.41) is 8.95. The molecular weight excluding hydrogens is 152 g/mol. The van der Waals surface area contributed by atoms with E-state index in [0.717, 1.165) is 17.5 Å². The normalized spacial score (nSPS) is 12.9. The molecular formula is C9H14N2O. The van der Waals surface area contributed by atoms with Crippen LogP contribution >= 0.6 is 0 Å². The minimum Gasteiger partial charge on any atom is -0.392 e. The molecule has 3 N–H and O–H groups in total. The van der Waals surface area contributed by atoms with E-state index in [2.05, 4.69) is 4.98 Å². The Bertz CT molecular complexity index is 248. The maximum absolute atomic E-state index is 8.95. The molecule has 0 fully saturated rings. The third-order valence-corrected chi connectivity index (χ3v) is 1.72. The smallest absolute Gasteiger partial charge is 0.0699 e. The zero-order valence-corrected chi connectivity index (χ0v) is 7.20. The molecule has 0 spiro atoms. The highest BCUT2D eigenvalue weighted by Gasteiger charge is 2.02. The molecule has 0 unspecified atom stereocenters. The summed E-state index contributed by atoms with van der Waals surface area (Å²) in [4.78, 5) is 3.92. The predicted octanol–water partition coefficient (Wildman–Crippen LogP) is 0.464. The number of aliphatic hydroxyl groups excluding tert-OH is 1. The van der Waals surface area contributed by atoms with E-state index in [1.807, 2.05) is 13.0 Å². The van der Waals surface area contributed by atoms with Crippen molar-refractivity contribution >= 4 is 0 Å². The van der Waals surface area contributed by atoms with E-state index in [4.69, 9.17) is 10.8 Å². The molecule has 0 radical (unpaired) electrons. The standard InChI is InChI=1S/C9H14N2O/c1-7(10)4-8-2-3-11-5-9(8)6-12/h2-3,5,7,12H,4,6,10H2,1H3/t7-/m0/s1. The van der Waals surface area contributed by atoms with Crippen LogP contribution in [-0.4, -0.2) is 16.1 Å². The van der Waals surface area contributed by atoms with E-state index in [1.54, 1.807) is 12.4 Å². The second-order valence-corrected chi connectivity index (χ2v) is 2.98. The fourth-order valence-electron chi connectivity index (χ4n) is 1.14. The molecule has 3 heteroatoms. The van der Waals surface area contributed by atoms with Crippen LogP contribution in [0.25, 0.3) is 0 Å². The first-order valence-corrected chi connectivity index (χ1v) is 4.02. The summed E-state index contributed by atoms with van der Waals surface area (Å²) in [5.41, 5.74) is 7.60. The SMILES string of the molecule is C[C@H](N)Cc1ccncc1CO. The van der Waals surface area contributed by atoms with E-state index in [0.29, 0.717) is 0 Å². The van der Waals surface area contributed by atoms with E-state index in [-0.39, 0.29) is 12.6 Å². The van der Waals surface area contributed by atoms with Gasteiger partial charge in [-0.1, -0.05) is 0 Å². The summed E-state index contributed by atoms with van der Waals surface area (Å²) in [7, 11) is 0. The highest BCUT2D eigenvalue weighted by atomic mass is 16.3. The monoisotopic (exact) mass is 166 g/mol. The van der Waals surface area contributed by atoms with Gasteiger partial charge in [-0.15, -0.1) is 0 Å². The molecule has 0 aliphatic rings. The molecule has 0 bridgehead atoms. The largest absolute Gasteiger partial charge is 0.392 e. The molecule has 1 aromatic rings. The quantitative estimate of drug-likeness (QED) is 0.686. The topological polar surface area (TPSA) is 59.1 Å². The Morgan fingerprint density at radius 2 is 2.33 bits per heavy atom. The van der Waals surface area contributed by atoms with Crippen LogP contribution < -0.4 is 5.73 Å². The lowest BCUT2D eigenvalue weighted by atomic mass is 10.0. The van der Waals surface area contributed by atoms with Crippen molar-refractivity contribution in [2.75, 3.05) is 0 Å². The van der Waals surface area contributed by atoms with Gasteiger partial charge in [0.2, 0.25) is 0 Å². The van der Waals surface area contributed by atoms with Crippen molar-refractivity contribution in [1.29, 1.82) is 0 Å². The van der Waals surface area contributed by atoms with Gasteiger partial charge in [0.15, 0.2) is 0 Å². The average Bonchev–Trinajstić information content (AvgIpc) is 2.04. The third-order valence-electron chi connectivity index (χ3n) is 1.72. The van der Waals surface area contributed by atoms with Crippen LogP contribution in [0.2, 0.25) is 0 Å². The van der Waals surface area contributed by atoms with Crippen LogP contribution in [0, 0.1) is 0 Å². The van der Waals surface area contributed by atoms with Crippen molar-refractivity contribution in [3.8, 4) is 0 Å². The van der Waals surface area contributed by atoms with Gasteiger partial charge in [0, 0.05) is 18.4 Å². The first-order valence-electron chi connectivity index (χ1n) is 4.02. The Morgan fingerprint density at radius 1 is 1.58 bits per heavy atom. The average molecular weight is 166 g/mol. The van der Waals surface area contributed by atoms with Crippen molar-refractivity contribution < 1.29 is 5.11 Å². The summed E-state index contributed by atoms with van der Waals surface area (Å²) in [6, 6.07) is 2.02. The van der Waals surface area contributed by atoms with Gasteiger partial charge < -0.3 is 10.8 Å². The molecule has 1 heterocycles. The highest BCUT2D eigenvalue weighted by Crippen LogP contribution is 2.08. The van der Waals surface area contributed by atoms with E-state index >= 15 is 0 Å². The van der Waals surface area contributed by atoms with Crippen LogP contribution in [0.15, 0.2) is 18.5 Å². The number of rotatable bonds is 3. The molecule has 0 aliphatic carbocycles. The van der Waals surface area contributed by atoms with E-state index in [9.17, 15) is 0 Å². The Morgan fingerprint density at radius 3 is 2.92 bits per heavy atom. The van der Waals surface area contributed by atoms with Crippen LogP contribution in [0.5, 0.6) is 0 Å². The van der Waals surface area contributed by atoms with Crippen LogP contribution in [0.4, 0.5) is 0 Å². The van der Waals surface area contributed by atoms with Crippen molar-refractivity contribution in [2.45, 2.75) is 26.0 Å². The van der Waals surface area contributed by atoms with Crippen molar-refractivity contribution in [3.05, 3.63) is 29.6 Å². The van der Waals surface area contributed by atoms with Crippen molar-refractivity contribution in [2.24, 2.45) is 5.73 Å². The lowest BCUT2D eigenvalue weighted by molar-refractivity contribution is 0.280. The summed E-state index contributed by atoms with van der Waals surface area (Å²) in [6.45, 7) is 1.98. The van der Waals surface area contributed by atoms with Gasteiger partial charge in [0.05, 0.1) is 6.61 Å². The van der Waals surface area contributed by atoms with Gasteiger partial charge in [-0.3, -0.25) is 4.98 Å². The van der Waals surface area contributed by atoms with Crippen molar-refractivity contribution in [1.82, 2.24) is 4.98 Å². The second-order valence-electron chi connectivity index (χ2n) is 2.98. The highest BCUT2D eigenvalue weighted by molar-refractivity contribution is 5.23. The van der Waals surface area contributed by atoms with Gasteiger partial charge in [-0.25, -0.2) is 0 Å².